The summed E-state index contributed by atoms with van der Waals surface area (Å²) in [6.07, 6.45) is 1.35. The molecule has 1 aromatic rings. The highest BCUT2D eigenvalue weighted by atomic mass is 16.5. The Morgan fingerprint density at radius 3 is 3.06 bits per heavy atom. The molecule has 0 spiro atoms. The number of fused-ring (bicyclic) bond motifs is 1. The van der Waals surface area contributed by atoms with Gasteiger partial charge in [-0.15, -0.1) is 0 Å². The van der Waals surface area contributed by atoms with Crippen molar-refractivity contribution in [1.29, 1.82) is 0 Å². The van der Waals surface area contributed by atoms with Crippen molar-refractivity contribution in [1.82, 2.24) is 5.32 Å². The maximum absolute atomic E-state index is 9.35. The summed E-state index contributed by atoms with van der Waals surface area (Å²) in [4.78, 5) is 0. The zero-order valence-electron chi connectivity index (χ0n) is 9.44. The molecule has 3 unspecified atom stereocenters. The van der Waals surface area contributed by atoms with Crippen LogP contribution >= 0.6 is 0 Å². The molecule has 3 heteroatoms. The molecule has 2 N–H and O–H groups in total. The average molecular weight is 219 g/mol. The number of rotatable bonds is 3. The van der Waals surface area contributed by atoms with Crippen molar-refractivity contribution < 1.29 is 9.84 Å². The van der Waals surface area contributed by atoms with E-state index in [1.54, 1.807) is 12.1 Å². The van der Waals surface area contributed by atoms with Crippen LogP contribution in [0.5, 0.6) is 11.5 Å². The third-order valence-corrected chi connectivity index (χ3v) is 3.68. The van der Waals surface area contributed by atoms with Crippen LogP contribution in [0.3, 0.4) is 0 Å². The Labute approximate surface area is 95.4 Å². The van der Waals surface area contributed by atoms with Crippen LogP contribution < -0.4 is 10.1 Å². The maximum atomic E-state index is 9.35. The Kier molecular flexibility index (Phi) is 2.28. The maximum Gasteiger partial charge on any atom is 0.127 e. The first-order valence-corrected chi connectivity index (χ1v) is 5.93. The largest absolute Gasteiger partial charge is 0.508 e. The Hall–Kier alpha value is -1.22. The van der Waals surface area contributed by atoms with E-state index >= 15 is 0 Å². The van der Waals surface area contributed by atoms with E-state index in [1.165, 1.54) is 12.0 Å². The molecule has 16 heavy (non-hydrogen) atoms. The van der Waals surface area contributed by atoms with Crippen LogP contribution in [0.4, 0.5) is 0 Å². The molecule has 86 valence electrons. The van der Waals surface area contributed by atoms with Gasteiger partial charge in [0, 0.05) is 11.6 Å². The molecule has 0 aromatic heterocycles. The fourth-order valence-corrected chi connectivity index (χ4v) is 2.34. The van der Waals surface area contributed by atoms with E-state index in [0.29, 0.717) is 12.6 Å². The van der Waals surface area contributed by atoms with Gasteiger partial charge in [-0.05, 0) is 36.9 Å². The molecular weight excluding hydrogens is 202 g/mol. The fourth-order valence-electron chi connectivity index (χ4n) is 2.34. The summed E-state index contributed by atoms with van der Waals surface area (Å²) >= 11 is 0. The average Bonchev–Trinajstić information content (AvgIpc) is 2.83. The number of benzene rings is 1. The van der Waals surface area contributed by atoms with Crippen molar-refractivity contribution in [2.75, 3.05) is 13.2 Å². The fraction of sp³-hybridized carbons (Fsp3) is 0.538. The van der Waals surface area contributed by atoms with Crippen molar-refractivity contribution in [3.63, 3.8) is 0 Å². The summed E-state index contributed by atoms with van der Waals surface area (Å²) in [6.45, 7) is 4.05. The zero-order valence-corrected chi connectivity index (χ0v) is 9.44. The molecule has 1 heterocycles. The Morgan fingerprint density at radius 2 is 2.31 bits per heavy atom. The quantitative estimate of drug-likeness (QED) is 0.817. The molecule has 1 aliphatic heterocycles. The highest BCUT2D eigenvalue weighted by Crippen LogP contribution is 2.39. The van der Waals surface area contributed by atoms with Gasteiger partial charge in [0.15, 0.2) is 0 Å². The first-order chi connectivity index (χ1) is 7.74. The minimum atomic E-state index is 0.273. The topological polar surface area (TPSA) is 41.5 Å². The molecule has 0 radical (unpaired) electrons. The summed E-state index contributed by atoms with van der Waals surface area (Å²) in [5, 5.41) is 12.9. The van der Waals surface area contributed by atoms with Crippen LogP contribution in [-0.2, 0) is 0 Å². The lowest BCUT2D eigenvalue weighted by atomic mass is 10.1. The number of nitrogens with one attached hydrogen (secondary N) is 1. The normalized spacial score (nSPS) is 30.9. The number of hydrogen-bond acceptors (Lipinski definition) is 3. The van der Waals surface area contributed by atoms with E-state index in [-0.39, 0.29) is 5.75 Å². The van der Waals surface area contributed by atoms with Gasteiger partial charge in [0.25, 0.3) is 0 Å². The van der Waals surface area contributed by atoms with E-state index in [1.807, 2.05) is 6.07 Å². The predicted molar refractivity (Wildman–Crippen MR) is 61.6 cm³/mol. The molecule has 0 amide bonds. The van der Waals surface area contributed by atoms with E-state index in [0.717, 1.165) is 24.1 Å². The van der Waals surface area contributed by atoms with Gasteiger partial charge < -0.3 is 15.2 Å². The summed E-state index contributed by atoms with van der Waals surface area (Å²) < 4.78 is 5.55. The first-order valence-electron chi connectivity index (χ1n) is 5.93. The highest BCUT2D eigenvalue weighted by Gasteiger charge is 2.33. The predicted octanol–water partition coefficient (Wildman–Crippen LogP) is 2.07. The SMILES string of the molecule is CC1CC1CNC1COc2cc(O)ccc21. The number of aromatic hydroxyl groups is 1. The third kappa shape index (κ3) is 1.76. The minimum Gasteiger partial charge on any atom is -0.508 e. The van der Waals surface area contributed by atoms with E-state index < -0.39 is 0 Å². The highest BCUT2D eigenvalue weighted by molar-refractivity contribution is 5.44. The van der Waals surface area contributed by atoms with Gasteiger partial charge in [0.05, 0.1) is 6.04 Å². The van der Waals surface area contributed by atoms with Crippen molar-refractivity contribution in [2.45, 2.75) is 19.4 Å². The lowest BCUT2D eigenvalue weighted by molar-refractivity contribution is 0.308. The zero-order chi connectivity index (χ0) is 11.1. The second-order valence-corrected chi connectivity index (χ2v) is 4.97. The van der Waals surface area contributed by atoms with Crippen LogP contribution in [0.1, 0.15) is 24.9 Å². The van der Waals surface area contributed by atoms with Gasteiger partial charge in [-0.2, -0.15) is 0 Å². The number of phenols is 1. The number of phenolic OH excluding ortho intramolecular Hbond substituents is 1. The Morgan fingerprint density at radius 1 is 1.50 bits per heavy atom. The Bertz CT molecular complexity index is 405. The number of ether oxygens (including phenoxy) is 1. The van der Waals surface area contributed by atoms with Gasteiger partial charge >= 0.3 is 0 Å². The van der Waals surface area contributed by atoms with Gasteiger partial charge in [0.1, 0.15) is 18.1 Å². The smallest absolute Gasteiger partial charge is 0.127 e. The van der Waals surface area contributed by atoms with Crippen molar-refractivity contribution in [2.24, 2.45) is 11.8 Å². The monoisotopic (exact) mass is 219 g/mol. The van der Waals surface area contributed by atoms with E-state index in [2.05, 4.69) is 12.2 Å². The van der Waals surface area contributed by atoms with Crippen molar-refractivity contribution >= 4 is 0 Å². The van der Waals surface area contributed by atoms with Crippen molar-refractivity contribution in [3.05, 3.63) is 23.8 Å². The number of hydrogen-bond donors (Lipinski definition) is 2. The van der Waals surface area contributed by atoms with Gasteiger partial charge in [-0.1, -0.05) is 6.92 Å². The van der Waals surface area contributed by atoms with Gasteiger partial charge in [0.2, 0.25) is 0 Å². The lowest BCUT2D eigenvalue weighted by Crippen LogP contribution is -2.24. The summed E-state index contributed by atoms with van der Waals surface area (Å²) in [5.74, 6) is 2.83. The van der Waals surface area contributed by atoms with Crippen LogP contribution in [0.25, 0.3) is 0 Å². The molecule has 0 bridgehead atoms. The van der Waals surface area contributed by atoms with Gasteiger partial charge in [-0.25, -0.2) is 0 Å². The van der Waals surface area contributed by atoms with E-state index in [4.69, 9.17) is 4.74 Å². The molecule has 3 nitrogen and oxygen atoms in total. The molecule has 1 aliphatic carbocycles. The second-order valence-electron chi connectivity index (χ2n) is 4.97. The van der Waals surface area contributed by atoms with Crippen LogP contribution in [0.2, 0.25) is 0 Å². The molecule has 1 saturated carbocycles. The molecule has 0 saturated heterocycles. The Balaban J connectivity index is 1.66. The van der Waals surface area contributed by atoms with Gasteiger partial charge in [-0.3, -0.25) is 0 Å². The van der Waals surface area contributed by atoms with Crippen LogP contribution in [0, 0.1) is 11.8 Å². The second kappa shape index (κ2) is 3.67. The van der Waals surface area contributed by atoms with E-state index in [9.17, 15) is 5.11 Å². The third-order valence-electron chi connectivity index (χ3n) is 3.68. The van der Waals surface area contributed by atoms with Crippen LogP contribution in [-0.4, -0.2) is 18.3 Å². The molecular formula is C13H17NO2. The first kappa shape index (κ1) is 9.97. The molecule has 1 aromatic carbocycles. The summed E-state index contributed by atoms with van der Waals surface area (Å²) in [6, 6.07) is 5.66. The molecule has 2 aliphatic rings. The molecule has 3 atom stereocenters. The minimum absolute atomic E-state index is 0.273. The summed E-state index contributed by atoms with van der Waals surface area (Å²) in [7, 11) is 0. The molecule has 1 fully saturated rings. The van der Waals surface area contributed by atoms with Crippen LogP contribution in [0.15, 0.2) is 18.2 Å². The molecule has 3 rings (SSSR count). The standard InChI is InChI=1S/C13H17NO2/c1-8-4-9(8)6-14-12-7-16-13-5-10(15)2-3-11(12)13/h2-3,5,8-9,12,14-15H,4,6-7H2,1H3. The lowest BCUT2D eigenvalue weighted by Gasteiger charge is -2.10. The van der Waals surface area contributed by atoms with Crippen molar-refractivity contribution in [3.8, 4) is 11.5 Å². The summed E-state index contributed by atoms with van der Waals surface area (Å²) in [5.41, 5.74) is 1.17.